The molecule has 1 unspecified atom stereocenters. The number of anilines is 1. The Bertz CT molecular complexity index is 326. The van der Waals surface area contributed by atoms with E-state index in [2.05, 4.69) is 0 Å². The molecule has 4 nitrogen and oxygen atoms in total. The predicted octanol–water partition coefficient (Wildman–Crippen LogP) is 0.874. The first-order valence-electron chi connectivity index (χ1n) is 4.89. The Hall–Kier alpha value is -1.26. The molecule has 0 heterocycles. The Morgan fingerprint density at radius 2 is 2.07 bits per heavy atom. The van der Waals surface area contributed by atoms with Crippen LogP contribution >= 0.6 is 0 Å². The number of rotatable bonds is 4. The normalized spacial score (nSPS) is 12.5. The van der Waals surface area contributed by atoms with Gasteiger partial charge in [0.1, 0.15) is 5.75 Å². The fourth-order valence-electron chi connectivity index (χ4n) is 1.40. The van der Waals surface area contributed by atoms with Crippen molar-refractivity contribution in [3.63, 3.8) is 0 Å². The lowest BCUT2D eigenvalue weighted by atomic mass is 10.1. The summed E-state index contributed by atoms with van der Waals surface area (Å²) >= 11 is 0. The van der Waals surface area contributed by atoms with Crippen molar-refractivity contribution in [2.75, 3.05) is 25.1 Å². The summed E-state index contributed by atoms with van der Waals surface area (Å²) in [7, 11) is 1.83. The fourth-order valence-corrected chi connectivity index (χ4v) is 1.40. The van der Waals surface area contributed by atoms with E-state index in [1.165, 1.54) is 0 Å². The van der Waals surface area contributed by atoms with Gasteiger partial charge in [-0.2, -0.15) is 0 Å². The summed E-state index contributed by atoms with van der Waals surface area (Å²) in [5.41, 5.74) is 1.32. The topological polar surface area (TPSA) is 63.9 Å². The van der Waals surface area contributed by atoms with Crippen LogP contribution in [0.15, 0.2) is 18.2 Å². The van der Waals surface area contributed by atoms with Gasteiger partial charge in [-0.25, -0.2) is 0 Å². The van der Waals surface area contributed by atoms with Gasteiger partial charge in [0.25, 0.3) is 0 Å². The number of benzene rings is 1. The van der Waals surface area contributed by atoms with Crippen LogP contribution in [0, 0.1) is 0 Å². The van der Waals surface area contributed by atoms with E-state index in [9.17, 15) is 10.2 Å². The summed E-state index contributed by atoms with van der Waals surface area (Å²) in [6.07, 6.45) is -0.679. The van der Waals surface area contributed by atoms with Gasteiger partial charge in [-0.05, 0) is 13.0 Å². The first-order chi connectivity index (χ1) is 7.06. The molecule has 0 fully saturated rings. The van der Waals surface area contributed by atoms with Gasteiger partial charge in [-0.1, -0.05) is 6.07 Å². The van der Waals surface area contributed by atoms with Crippen molar-refractivity contribution in [3.8, 4) is 5.75 Å². The number of nitrogens with zero attached hydrogens (tertiary/aromatic N) is 1. The van der Waals surface area contributed by atoms with E-state index in [1.54, 1.807) is 25.1 Å². The van der Waals surface area contributed by atoms with Gasteiger partial charge in [0.2, 0.25) is 0 Å². The molecule has 0 aliphatic carbocycles. The van der Waals surface area contributed by atoms with Crippen molar-refractivity contribution in [2.45, 2.75) is 13.0 Å². The van der Waals surface area contributed by atoms with Crippen molar-refractivity contribution in [1.82, 2.24) is 0 Å². The maximum Gasteiger partial charge on any atom is 0.123 e. The molecule has 1 atom stereocenters. The molecule has 3 N–H and O–H groups in total. The Morgan fingerprint density at radius 3 is 2.53 bits per heavy atom. The van der Waals surface area contributed by atoms with Crippen molar-refractivity contribution in [2.24, 2.45) is 0 Å². The zero-order chi connectivity index (χ0) is 11.4. The summed E-state index contributed by atoms with van der Waals surface area (Å²) in [5, 5.41) is 27.7. The number of hydrogen-bond acceptors (Lipinski definition) is 4. The van der Waals surface area contributed by atoms with Gasteiger partial charge in [-0.15, -0.1) is 0 Å². The average Bonchev–Trinajstić information content (AvgIpc) is 2.17. The minimum atomic E-state index is -0.679. The molecule has 0 spiro atoms. The molecule has 0 amide bonds. The van der Waals surface area contributed by atoms with Crippen molar-refractivity contribution in [3.05, 3.63) is 23.8 Å². The highest BCUT2D eigenvalue weighted by Crippen LogP contribution is 2.28. The minimum Gasteiger partial charge on any atom is -0.507 e. The molecule has 15 heavy (non-hydrogen) atoms. The molecule has 0 bridgehead atoms. The molecular weight excluding hydrogens is 194 g/mol. The van der Waals surface area contributed by atoms with E-state index in [1.807, 2.05) is 11.9 Å². The predicted molar refractivity (Wildman–Crippen MR) is 59.1 cm³/mol. The summed E-state index contributed by atoms with van der Waals surface area (Å²) in [4.78, 5) is 1.82. The van der Waals surface area contributed by atoms with Crippen LogP contribution in [-0.4, -0.2) is 35.5 Å². The van der Waals surface area contributed by atoms with E-state index >= 15 is 0 Å². The van der Waals surface area contributed by atoms with E-state index in [-0.39, 0.29) is 12.4 Å². The van der Waals surface area contributed by atoms with E-state index < -0.39 is 6.10 Å². The molecule has 0 aliphatic rings. The first-order valence-corrected chi connectivity index (χ1v) is 4.89. The first kappa shape index (κ1) is 11.8. The number of phenols is 1. The number of hydrogen-bond donors (Lipinski definition) is 3. The molecular formula is C11H17NO3. The molecule has 1 rings (SSSR count). The molecule has 0 saturated heterocycles. The highest BCUT2D eigenvalue weighted by atomic mass is 16.3. The van der Waals surface area contributed by atoms with E-state index in [0.717, 1.165) is 5.69 Å². The molecule has 1 aromatic rings. The monoisotopic (exact) mass is 211 g/mol. The highest BCUT2D eigenvalue weighted by molar-refractivity contribution is 5.53. The number of aromatic hydroxyl groups is 1. The third kappa shape index (κ3) is 2.84. The van der Waals surface area contributed by atoms with Crippen molar-refractivity contribution >= 4 is 5.69 Å². The van der Waals surface area contributed by atoms with E-state index in [0.29, 0.717) is 12.1 Å². The van der Waals surface area contributed by atoms with Gasteiger partial charge < -0.3 is 20.2 Å². The molecule has 0 saturated carbocycles. The van der Waals surface area contributed by atoms with Gasteiger partial charge in [-0.3, -0.25) is 0 Å². The minimum absolute atomic E-state index is 0.0649. The standard InChI is InChI=1S/C11H17NO3/c1-8(14)10-4-3-9(7-11(10)15)12(2)5-6-13/h3-4,7-8,13-15H,5-6H2,1-2H3. The van der Waals surface area contributed by atoms with Gasteiger partial charge in [0.05, 0.1) is 12.7 Å². The molecule has 4 heteroatoms. The zero-order valence-corrected chi connectivity index (χ0v) is 9.01. The van der Waals surface area contributed by atoms with Crippen LogP contribution in [0.2, 0.25) is 0 Å². The largest absolute Gasteiger partial charge is 0.507 e. The SMILES string of the molecule is CC(O)c1ccc(N(C)CCO)cc1O. The van der Waals surface area contributed by atoms with Crippen molar-refractivity contribution in [1.29, 1.82) is 0 Å². The van der Waals surface area contributed by atoms with Crippen LogP contribution in [0.3, 0.4) is 0 Å². The van der Waals surface area contributed by atoms with Crippen LogP contribution < -0.4 is 4.90 Å². The van der Waals surface area contributed by atoms with Gasteiger partial charge in [0, 0.05) is 30.9 Å². The van der Waals surface area contributed by atoms with Crippen LogP contribution in [0.4, 0.5) is 5.69 Å². The lowest BCUT2D eigenvalue weighted by Gasteiger charge is -2.19. The lowest BCUT2D eigenvalue weighted by molar-refractivity contribution is 0.195. The van der Waals surface area contributed by atoms with Gasteiger partial charge >= 0.3 is 0 Å². The Labute approximate surface area is 89.4 Å². The van der Waals surface area contributed by atoms with Crippen LogP contribution in [-0.2, 0) is 0 Å². The Balaban J connectivity index is 2.91. The zero-order valence-electron chi connectivity index (χ0n) is 9.01. The lowest BCUT2D eigenvalue weighted by Crippen LogP contribution is -2.21. The number of likely N-dealkylation sites (N-methyl/N-ethyl adjacent to an activating group) is 1. The summed E-state index contributed by atoms with van der Waals surface area (Å²) in [6.45, 7) is 2.18. The van der Waals surface area contributed by atoms with Crippen LogP contribution in [0.25, 0.3) is 0 Å². The fraction of sp³-hybridized carbons (Fsp3) is 0.455. The number of aliphatic hydroxyl groups excluding tert-OH is 2. The summed E-state index contributed by atoms with van der Waals surface area (Å²) < 4.78 is 0. The number of aliphatic hydroxyl groups is 2. The molecule has 1 aromatic carbocycles. The second kappa shape index (κ2) is 5.00. The highest BCUT2D eigenvalue weighted by Gasteiger charge is 2.09. The second-order valence-corrected chi connectivity index (χ2v) is 3.56. The van der Waals surface area contributed by atoms with E-state index in [4.69, 9.17) is 5.11 Å². The van der Waals surface area contributed by atoms with Crippen LogP contribution in [0.1, 0.15) is 18.6 Å². The van der Waals surface area contributed by atoms with Crippen molar-refractivity contribution < 1.29 is 15.3 Å². The number of phenolic OH excluding ortho intramolecular Hbond substituents is 1. The average molecular weight is 211 g/mol. The summed E-state index contributed by atoms with van der Waals surface area (Å²) in [5.74, 6) is 0.0762. The molecule has 0 radical (unpaired) electrons. The Kier molecular flexibility index (Phi) is 3.94. The third-order valence-electron chi connectivity index (χ3n) is 2.34. The maximum atomic E-state index is 9.63. The molecule has 0 aliphatic heterocycles. The third-order valence-corrected chi connectivity index (χ3v) is 2.34. The van der Waals surface area contributed by atoms with Crippen LogP contribution in [0.5, 0.6) is 5.75 Å². The summed E-state index contributed by atoms with van der Waals surface area (Å²) in [6, 6.07) is 5.07. The smallest absolute Gasteiger partial charge is 0.123 e. The molecule has 84 valence electrons. The quantitative estimate of drug-likeness (QED) is 0.691. The molecule has 0 aromatic heterocycles. The van der Waals surface area contributed by atoms with Gasteiger partial charge in [0.15, 0.2) is 0 Å². The Morgan fingerprint density at radius 1 is 1.40 bits per heavy atom. The maximum absolute atomic E-state index is 9.63. The second-order valence-electron chi connectivity index (χ2n) is 3.56.